The van der Waals surface area contributed by atoms with E-state index < -0.39 is 24.7 Å². The van der Waals surface area contributed by atoms with Crippen LogP contribution in [0.3, 0.4) is 0 Å². The van der Waals surface area contributed by atoms with Gasteiger partial charge in [-0.2, -0.15) is 13.2 Å². The molecule has 0 amide bonds. The van der Waals surface area contributed by atoms with Crippen LogP contribution >= 0.6 is 15.9 Å². The highest BCUT2D eigenvalue weighted by atomic mass is 79.9. The molecule has 0 aliphatic rings. The summed E-state index contributed by atoms with van der Waals surface area (Å²) in [6.45, 7) is 0. The van der Waals surface area contributed by atoms with Crippen LogP contribution in [-0.2, 0) is 0 Å². The van der Waals surface area contributed by atoms with E-state index in [9.17, 15) is 18.3 Å². The number of benzene rings is 1. The van der Waals surface area contributed by atoms with Crippen LogP contribution in [0.25, 0.3) is 0 Å². The Bertz CT molecular complexity index is 412. The minimum absolute atomic E-state index is 0.349. The zero-order valence-corrected chi connectivity index (χ0v) is 11.1. The average Bonchev–Trinajstić information content (AvgIpc) is 2.27. The first-order valence-electron chi connectivity index (χ1n) is 5.09. The molecule has 18 heavy (non-hydrogen) atoms. The second-order valence-electron chi connectivity index (χ2n) is 3.79. The number of hydrogen-bond donors (Lipinski definition) is 2. The lowest BCUT2D eigenvalue weighted by molar-refractivity contribution is -0.153. The van der Waals surface area contributed by atoms with Crippen molar-refractivity contribution >= 4 is 15.9 Å². The number of ether oxygens (including phenoxy) is 1. The third-order valence-electron chi connectivity index (χ3n) is 2.46. The van der Waals surface area contributed by atoms with Crippen molar-refractivity contribution in [3.8, 4) is 5.75 Å². The molecule has 0 radical (unpaired) electrons. The molecule has 0 saturated carbocycles. The zero-order chi connectivity index (χ0) is 13.9. The first kappa shape index (κ1) is 15.3. The monoisotopic (exact) mass is 327 g/mol. The Balaban J connectivity index is 2.79. The van der Waals surface area contributed by atoms with Crippen LogP contribution in [0.1, 0.15) is 18.1 Å². The maximum Gasteiger partial charge on any atom is 0.403 e. The first-order valence-corrected chi connectivity index (χ1v) is 5.88. The second kappa shape index (κ2) is 5.90. The summed E-state index contributed by atoms with van der Waals surface area (Å²) in [6.07, 6.45) is -6.36. The Kier molecular flexibility index (Phi) is 5.01. The number of methoxy groups -OCH3 is 1. The number of halogens is 4. The van der Waals surface area contributed by atoms with Gasteiger partial charge in [0.1, 0.15) is 11.8 Å². The molecule has 0 aliphatic heterocycles. The quantitative estimate of drug-likeness (QED) is 0.894. The highest BCUT2D eigenvalue weighted by Crippen LogP contribution is 2.31. The van der Waals surface area contributed by atoms with Gasteiger partial charge in [-0.05, 0) is 33.6 Å². The smallest absolute Gasteiger partial charge is 0.403 e. The Hall–Kier alpha value is -0.790. The van der Waals surface area contributed by atoms with E-state index in [1.807, 2.05) is 0 Å². The highest BCUT2D eigenvalue weighted by molar-refractivity contribution is 9.10. The van der Waals surface area contributed by atoms with Crippen molar-refractivity contribution in [3.05, 3.63) is 28.2 Å². The van der Waals surface area contributed by atoms with Crippen LogP contribution in [0, 0.1) is 0 Å². The van der Waals surface area contributed by atoms with E-state index in [1.54, 1.807) is 6.07 Å². The molecule has 3 nitrogen and oxygen atoms in total. The summed E-state index contributed by atoms with van der Waals surface area (Å²) in [6, 6.07) is 2.51. The van der Waals surface area contributed by atoms with Gasteiger partial charge in [0.15, 0.2) is 0 Å². The van der Waals surface area contributed by atoms with E-state index in [0.717, 1.165) is 0 Å². The molecule has 0 heterocycles. The normalized spacial score (nSPS) is 15.3. The third-order valence-corrected chi connectivity index (χ3v) is 3.08. The van der Waals surface area contributed by atoms with Gasteiger partial charge in [0.2, 0.25) is 0 Å². The van der Waals surface area contributed by atoms with E-state index in [1.165, 1.54) is 19.2 Å². The standard InChI is InChI=1S/C11H13BrF3NO2/c1-18-9-3-2-6(4-7(9)12)8(17)5-10(16)11(13,14)15/h2-4,8,10,17H,5,16H2,1H3/t8-,10+/m1/s1. The SMILES string of the molecule is COc1ccc([C@H](O)C[C@H](N)C(F)(F)F)cc1Br. The molecule has 0 spiro atoms. The van der Waals surface area contributed by atoms with Crippen molar-refractivity contribution in [2.45, 2.75) is 24.7 Å². The summed E-state index contributed by atoms with van der Waals surface area (Å²) < 4.78 is 42.3. The summed E-state index contributed by atoms with van der Waals surface area (Å²) >= 11 is 3.19. The molecule has 102 valence electrons. The molecular weight excluding hydrogens is 315 g/mol. The van der Waals surface area contributed by atoms with Gasteiger partial charge >= 0.3 is 6.18 Å². The fourth-order valence-corrected chi connectivity index (χ4v) is 1.96. The largest absolute Gasteiger partial charge is 0.496 e. The van der Waals surface area contributed by atoms with Gasteiger partial charge in [-0.25, -0.2) is 0 Å². The predicted octanol–water partition coefficient (Wildman–Crippen LogP) is 2.77. The fraction of sp³-hybridized carbons (Fsp3) is 0.455. The molecule has 2 atom stereocenters. The summed E-state index contributed by atoms with van der Waals surface area (Å²) in [5, 5.41) is 9.70. The Morgan fingerprint density at radius 2 is 2.06 bits per heavy atom. The molecule has 0 bridgehead atoms. The number of aliphatic hydroxyl groups excluding tert-OH is 1. The van der Waals surface area contributed by atoms with Crippen LogP contribution in [0.2, 0.25) is 0 Å². The van der Waals surface area contributed by atoms with Gasteiger partial charge in [0.05, 0.1) is 17.7 Å². The van der Waals surface area contributed by atoms with Crippen LogP contribution in [0.4, 0.5) is 13.2 Å². The first-order chi connectivity index (χ1) is 8.25. The van der Waals surface area contributed by atoms with E-state index in [4.69, 9.17) is 10.5 Å². The lowest BCUT2D eigenvalue weighted by Gasteiger charge is -2.19. The topological polar surface area (TPSA) is 55.5 Å². The van der Waals surface area contributed by atoms with Crippen molar-refractivity contribution in [2.24, 2.45) is 5.73 Å². The Labute approximate surface area is 111 Å². The van der Waals surface area contributed by atoms with Gasteiger partial charge in [0, 0.05) is 6.42 Å². The molecule has 1 rings (SSSR count). The van der Waals surface area contributed by atoms with Crippen molar-refractivity contribution in [2.75, 3.05) is 7.11 Å². The Morgan fingerprint density at radius 1 is 1.44 bits per heavy atom. The van der Waals surface area contributed by atoms with E-state index >= 15 is 0 Å². The summed E-state index contributed by atoms with van der Waals surface area (Å²) in [5.41, 5.74) is 5.31. The fourth-order valence-electron chi connectivity index (χ4n) is 1.40. The highest BCUT2D eigenvalue weighted by Gasteiger charge is 2.37. The van der Waals surface area contributed by atoms with E-state index in [2.05, 4.69) is 15.9 Å². The number of alkyl halides is 3. The third kappa shape index (κ3) is 3.86. The lowest BCUT2D eigenvalue weighted by Crippen LogP contribution is -2.38. The van der Waals surface area contributed by atoms with Crippen molar-refractivity contribution in [3.63, 3.8) is 0 Å². The maximum atomic E-state index is 12.3. The number of rotatable bonds is 4. The number of hydrogen-bond acceptors (Lipinski definition) is 3. The molecule has 0 unspecified atom stereocenters. The zero-order valence-electron chi connectivity index (χ0n) is 9.54. The molecule has 7 heteroatoms. The van der Waals surface area contributed by atoms with Crippen molar-refractivity contribution < 1.29 is 23.0 Å². The summed E-state index contributed by atoms with van der Waals surface area (Å²) in [5.74, 6) is 0.533. The number of aliphatic hydroxyl groups is 1. The Morgan fingerprint density at radius 3 is 2.50 bits per heavy atom. The summed E-state index contributed by atoms with van der Waals surface area (Å²) in [4.78, 5) is 0. The van der Waals surface area contributed by atoms with Crippen LogP contribution in [0.15, 0.2) is 22.7 Å². The van der Waals surface area contributed by atoms with Crippen LogP contribution in [-0.4, -0.2) is 24.4 Å². The molecule has 3 N–H and O–H groups in total. The van der Waals surface area contributed by atoms with E-state index in [0.29, 0.717) is 15.8 Å². The van der Waals surface area contributed by atoms with Crippen molar-refractivity contribution in [1.82, 2.24) is 0 Å². The minimum Gasteiger partial charge on any atom is -0.496 e. The molecule has 0 aromatic heterocycles. The minimum atomic E-state index is -4.51. The second-order valence-corrected chi connectivity index (χ2v) is 4.65. The van der Waals surface area contributed by atoms with Gasteiger partial charge in [-0.15, -0.1) is 0 Å². The van der Waals surface area contributed by atoms with Gasteiger partial charge in [0.25, 0.3) is 0 Å². The van der Waals surface area contributed by atoms with Crippen molar-refractivity contribution in [1.29, 1.82) is 0 Å². The molecule has 1 aromatic carbocycles. The van der Waals surface area contributed by atoms with Crippen LogP contribution < -0.4 is 10.5 Å². The van der Waals surface area contributed by atoms with Gasteiger partial charge in [-0.1, -0.05) is 6.07 Å². The average molecular weight is 328 g/mol. The van der Waals surface area contributed by atoms with Crippen LogP contribution in [0.5, 0.6) is 5.75 Å². The molecule has 0 fully saturated rings. The molecule has 0 aliphatic carbocycles. The lowest BCUT2D eigenvalue weighted by atomic mass is 10.0. The van der Waals surface area contributed by atoms with Gasteiger partial charge in [-0.3, -0.25) is 0 Å². The number of nitrogens with two attached hydrogens (primary N) is 1. The molecular formula is C11H13BrF3NO2. The van der Waals surface area contributed by atoms with E-state index in [-0.39, 0.29) is 0 Å². The predicted molar refractivity (Wildman–Crippen MR) is 64.3 cm³/mol. The van der Waals surface area contributed by atoms with Gasteiger partial charge < -0.3 is 15.6 Å². The molecule has 1 aromatic rings. The summed E-state index contributed by atoms with van der Waals surface area (Å²) in [7, 11) is 1.47. The molecule has 0 saturated heterocycles. The maximum absolute atomic E-state index is 12.3.